The molecule has 1 atom stereocenters. The van der Waals surface area contributed by atoms with Gasteiger partial charge in [-0.1, -0.05) is 147 Å². The van der Waals surface area contributed by atoms with Crippen LogP contribution in [0.2, 0.25) is 0 Å². The van der Waals surface area contributed by atoms with E-state index in [9.17, 15) is 0 Å². The molecule has 7 aromatic carbocycles. The molecule has 0 aliphatic carbocycles. The first-order chi connectivity index (χ1) is 25.5. The molecule has 0 spiro atoms. The normalized spacial score (nSPS) is 16.8. The van der Waals surface area contributed by atoms with Crippen molar-refractivity contribution in [3.05, 3.63) is 186 Å². The number of aliphatic imine (C=N–C) groups is 2. The molecule has 0 fully saturated rings. The summed E-state index contributed by atoms with van der Waals surface area (Å²) < 4.78 is 0. The Kier molecular flexibility index (Phi) is 6.74. The Morgan fingerprint density at radius 3 is 1.98 bits per heavy atom. The summed E-state index contributed by atoms with van der Waals surface area (Å²) in [5.41, 5.74) is 12.5. The molecule has 0 saturated heterocycles. The molecule has 3 heterocycles. The number of amidine groups is 1. The molecular formula is C47H37N5. The van der Waals surface area contributed by atoms with E-state index in [0.29, 0.717) is 0 Å². The van der Waals surface area contributed by atoms with Crippen molar-refractivity contribution in [2.75, 3.05) is 16.8 Å². The van der Waals surface area contributed by atoms with Gasteiger partial charge in [-0.15, -0.1) is 0 Å². The standard InChI is InChI=1S/C47H37N5/c1-47(2)37-26-13-14-27-38(37)51(34-23-11-6-12-24-34)40-30-29-36-35-25-15-21-31-22-16-28-39(41(31)35)52(43(36)42(40)47)46-49-44(32-17-7-4-8-18-32)48-45(50(46)3)33-19-9-5-10-20-33/h4-30,45H,1-3H3. The summed E-state index contributed by atoms with van der Waals surface area (Å²) in [5, 5.41) is 2.43. The topological polar surface area (TPSA) is 34.4 Å². The number of hydrogen-bond donors (Lipinski definition) is 0. The zero-order chi connectivity index (χ0) is 35.0. The van der Waals surface area contributed by atoms with Gasteiger partial charge in [0.15, 0.2) is 12.0 Å². The summed E-state index contributed by atoms with van der Waals surface area (Å²) in [4.78, 5) is 18.0. The fourth-order valence-electron chi connectivity index (χ4n) is 8.58. The lowest BCUT2D eigenvalue weighted by Crippen LogP contribution is -2.46. The van der Waals surface area contributed by atoms with Crippen LogP contribution in [-0.4, -0.2) is 23.7 Å². The van der Waals surface area contributed by atoms with Crippen LogP contribution in [0.3, 0.4) is 0 Å². The van der Waals surface area contributed by atoms with Crippen molar-refractivity contribution in [3.63, 3.8) is 0 Å². The maximum atomic E-state index is 5.51. The fourth-order valence-corrected chi connectivity index (χ4v) is 8.58. The molecule has 0 aromatic heterocycles. The zero-order valence-corrected chi connectivity index (χ0v) is 29.4. The molecule has 0 amide bonds. The van der Waals surface area contributed by atoms with Crippen molar-refractivity contribution in [3.8, 4) is 11.1 Å². The predicted octanol–water partition coefficient (Wildman–Crippen LogP) is 11.5. The largest absolute Gasteiger partial charge is 0.319 e. The van der Waals surface area contributed by atoms with E-state index in [4.69, 9.17) is 9.98 Å². The van der Waals surface area contributed by atoms with Crippen molar-refractivity contribution in [1.82, 2.24) is 4.90 Å². The van der Waals surface area contributed by atoms with E-state index in [1.54, 1.807) is 0 Å². The van der Waals surface area contributed by atoms with Gasteiger partial charge in [0.1, 0.15) is 0 Å². The third-order valence-corrected chi connectivity index (χ3v) is 11.0. The van der Waals surface area contributed by atoms with E-state index in [2.05, 4.69) is 193 Å². The molecule has 0 radical (unpaired) electrons. The molecule has 250 valence electrons. The van der Waals surface area contributed by atoms with Crippen LogP contribution in [0, 0.1) is 0 Å². The van der Waals surface area contributed by atoms with Crippen molar-refractivity contribution < 1.29 is 0 Å². The third-order valence-electron chi connectivity index (χ3n) is 11.0. The molecule has 3 aliphatic heterocycles. The lowest BCUT2D eigenvalue weighted by atomic mass is 9.71. The van der Waals surface area contributed by atoms with Crippen LogP contribution in [0.25, 0.3) is 21.9 Å². The van der Waals surface area contributed by atoms with Gasteiger partial charge >= 0.3 is 0 Å². The number of nitrogens with zero attached hydrogens (tertiary/aromatic N) is 5. The predicted molar refractivity (Wildman–Crippen MR) is 216 cm³/mol. The Balaban J connectivity index is 1.31. The highest BCUT2D eigenvalue weighted by Crippen LogP contribution is 2.60. The Hall–Kier alpha value is -6.46. The monoisotopic (exact) mass is 671 g/mol. The fraction of sp³-hybridized carbons (Fsp3) is 0.106. The second-order valence-electron chi connectivity index (χ2n) is 14.3. The minimum Gasteiger partial charge on any atom is -0.319 e. The van der Waals surface area contributed by atoms with Gasteiger partial charge in [0, 0.05) is 40.2 Å². The van der Waals surface area contributed by atoms with Crippen molar-refractivity contribution in [2.24, 2.45) is 9.98 Å². The molecule has 10 rings (SSSR count). The minimum atomic E-state index is -0.357. The number of anilines is 5. The second kappa shape index (κ2) is 11.5. The Morgan fingerprint density at radius 1 is 0.558 bits per heavy atom. The SMILES string of the molecule is CN1C(N2c3c(ccc4c3C(C)(C)c3ccccc3N4c3ccccc3)-c3cccc4cccc2c34)=NC(c2ccccc2)=NC1c1ccccc1. The maximum absolute atomic E-state index is 5.51. The molecule has 52 heavy (non-hydrogen) atoms. The van der Waals surface area contributed by atoms with Crippen LogP contribution in [0.5, 0.6) is 0 Å². The molecule has 0 N–H and O–H groups in total. The van der Waals surface area contributed by atoms with Crippen LogP contribution in [0.4, 0.5) is 28.4 Å². The van der Waals surface area contributed by atoms with Gasteiger partial charge in [-0.3, -0.25) is 4.90 Å². The van der Waals surface area contributed by atoms with Crippen LogP contribution in [0.15, 0.2) is 174 Å². The molecule has 5 heteroatoms. The highest BCUT2D eigenvalue weighted by atomic mass is 15.4. The number of benzene rings is 7. The molecule has 0 saturated carbocycles. The summed E-state index contributed by atoms with van der Waals surface area (Å²) in [5.74, 6) is 1.55. The highest BCUT2D eigenvalue weighted by Gasteiger charge is 2.44. The third kappa shape index (κ3) is 4.42. The number of hydrogen-bond acceptors (Lipinski definition) is 5. The van der Waals surface area contributed by atoms with Crippen LogP contribution in [-0.2, 0) is 5.41 Å². The molecule has 7 aromatic rings. The van der Waals surface area contributed by atoms with E-state index in [-0.39, 0.29) is 11.6 Å². The summed E-state index contributed by atoms with van der Waals surface area (Å²) in [6.07, 6.45) is -0.280. The van der Waals surface area contributed by atoms with Crippen molar-refractivity contribution >= 4 is 51.0 Å². The molecule has 3 aliphatic rings. The van der Waals surface area contributed by atoms with E-state index in [1.165, 1.54) is 44.4 Å². The Morgan fingerprint density at radius 2 is 1.21 bits per heavy atom. The first-order valence-electron chi connectivity index (χ1n) is 17.9. The smallest absolute Gasteiger partial charge is 0.214 e. The number of rotatable bonds is 3. The van der Waals surface area contributed by atoms with Gasteiger partial charge < -0.3 is 9.80 Å². The summed E-state index contributed by atoms with van der Waals surface area (Å²) in [6, 6.07) is 58.6. The van der Waals surface area contributed by atoms with Gasteiger partial charge in [-0.05, 0) is 52.4 Å². The van der Waals surface area contributed by atoms with Crippen molar-refractivity contribution in [1.29, 1.82) is 0 Å². The van der Waals surface area contributed by atoms with E-state index in [1.807, 2.05) is 6.07 Å². The molecule has 0 bridgehead atoms. The summed E-state index contributed by atoms with van der Waals surface area (Å²) >= 11 is 0. The van der Waals surface area contributed by atoms with Crippen LogP contribution in [0.1, 0.15) is 42.3 Å². The first-order valence-corrected chi connectivity index (χ1v) is 17.9. The first kappa shape index (κ1) is 30.4. The van der Waals surface area contributed by atoms with Crippen LogP contribution >= 0.6 is 0 Å². The quantitative estimate of drug-likeness (QED) is 0.187. The van der Waals surface area contributed by atoms with Gasteiger partial charge in [0.05, 0.1) is 22.7 Å². The number of fused-ring (bicyclic) bond motifs is 5. The van der Waals surface area contributed by atoms with Gasteiger partial charge in [-0.25, -0.2) is 4.99 Å². The Bertz CT molecular complexity index is 2570. The lowest BCUT2D eigenvalue weighted by molar-refractivity contribution is 0.377. The zero-order valence-electron chi connectivity index (χ0n) is 29.4. The van der Waals surface area contributed by atoms with Gasteiger partial charge in [0.25, 0.3) is 0 Å². The van der Waals surface area contributed by atoms with E-state index in [0.717, 1.165) is 40.0 Å². The summed E-state index contributed by atoms with van der Waals surface area (Å²) in [6.45, 7) is 4.76. The molecular weight excluding hydrogens is 635 g/mol. The number of para-hydroxylation sites is 2. The maximum Gasteiger partial charge on any atom is 0.214 e. The highest BCUT2D eigenvalue weighted by molar-refractivity contribution is 6.23. The molecule has 5 nitrogen and oxygen atoms in total. The average molecular weight is 672 g/mol. The van der Waals surface area contributed by atoms with E-state index >= 15 is 0 Å². The van der Waals surface area contributed by atoms with Gasteiger partial charge in [0.2, 0.25) is 5.96 Å². The molecule has 1 unspecified atom stereocenters. The van der Waals surface area contributed by atoms with Gasteiger partial charge in [-0.2, -0.15) is 4.99 Å². The van der Waals surface area contributed by atoms with E-state index < -0.39 is 0 Å². The summed E-state index contributed by atoms with van der Waals surface area (Å²) in [7, 11) is 2.13. The van der Waals surface area contributed by atoms with Crippen LogP contribution < -0.4 is 9.80 Å². The second-order valence-corrected chi connectivity index (χ2v) is 14.3. The number of guanidine groups is 1. The average Bonchev–Trinajstić information content (AvgIpc) is 3.19. The minimum absolute atomic E-state index is 0.280. The van der Waals surface area contributed by atoms with Crippen molar-refractivity contribution in [2.45, 2.75) is 25.4 Å². The lowest BCUT2D eigenvalue weighted by Gasteiger charge is -2.47. The Labute approximate surface area is 304 Å².